The van der Waals surface area contributed by atoms with Crippen molar-refractivity contribution in [3.8, 4) is 0 Å². The first kappa shape index (κ1) is 32.4. The van der Waals surface area contributed by atoms with Gasteiger partial charge in [0.15, 0.2) is 5.82 Å². The van der Waals surface area contributed by atoms with Crippen LogP contribution in [0.15, 0.2) is 36.4 Å². The molecule has 222 valence electrons. The lowest BCUT2D eigenvalue weighted by Gasteiger charge is -2.14. The molecular formula is C25H12Cl6F5N3O3. The highest BCUT2D eigenvalue weighted by atomic mass is 35.5. The molecule has 0 heterocycles. The Morgan fingerprint density at radius 2 is 1.43 bits per heavy atom. The van der Waals surface area contributed by atoms with Gasteiger partial charge < -0.3 is 16.0 Å². The van der Waals surface area contributed by atoms with Crippen LogP contribution in [0, 0.1) is 23.4 Å². The van der Waals surface area contributed by atoms with Crippen LogP contribution in [0.1, 0.15) is 21.8 Å². The van der Waals surface area contributed by atoms with E-state index in [0.29, 0.717) is 11.6 Å². The predicted molar refractivity (Wildman–Crippen MR) is 151 cm³/mol. The van der Waals surface area contributed by atoms with Crippen LogP contribution in [-0.4, -0.2) is 28.5 Å². The SMILES string of the molecule is O=C(Nc1ccc(F)c(NC(=O)C(F)F)c1F)c1cc(NC(=O)C2[C@H](c3cc(Cl)c(Cl)c(Cl)c3)C2(Cl)Cl)cc(F)c1Cl. The normalized spacial score (nSPS) is 17.1. The Hall–Kier alpha value is -2.54. The minimum Gasteiger partial charge on any atom is -0.326 e. The van der Waals surface area contributed by atoms with Gasteiger partial charge in [-0.05, 0) is 42.0 Å². The van der Waals surface area contributed by atoms with Gasteiger partial charge in [-0.2, -0.15) is 8.78 Å². The second-order valence-corrected chi connectivity index (χ2v) is 11.8. The number of halogens is 11. The number of hydrogen-bond acceptors (Lipinski definition) is 3. The summed E-state index contributed by atoms with van der Waals surface area (Å²) < 4.78 is 66.8. The maximum Gasteiger partial charge on any atom is 0.315 e. The highest BCUT2D eigenvalue weighted by Crippen LogP contribution is 2.65. The van der Waals surface area contributed by atoms with Gasteiger partial charge in [0.25, 0.3) is 11.8 Å². The smallest absolute Gasteiger partial charge is 0.315 e. The van der Waals surface area contributed by atoms with Crippen molar-refractivity contribution in [1.82, 2.24) is 0 Å². The van der Waals surface area contributed by atoms with E-state index in [1.54, 1.807) is 0 Å². The van der Waals surface area contributed by atoms with E-state index in [1.165, 1.54) is 17.4 Å². The summed E-state index contributed by atoms with van der Waals surface area (Å²) in [6.07, 6.45) is -3.59. The largest absolute Gasteiger partial charge is 0.326 e. The first-order chi connectivity index (χ1) is 19.5. The lowest BCUT2D eigenvalue weighted by atomic mass is 10.1. The summed E-state index contributed by atoms with van der Waals surface area (Å²) in [5.74, 6) is -10.1. The number of amides is 3. The molecule has 17 heteroatoms. The molecule has 1 fully saturated rings. The van der Waals surface area contributed by atoms with Crippen molar-refractivity contribution in [2.75, 3.05) is 16.0 Å². The highest BCUT2D eigenvalue weighted by molar-refractivity contribution is 6.54. The molecule has 4 rings (SSSR count). The fourth-order valence-electron chi connectivity index (χ4n) is 4.00. The van der Waals surface area contributed by atoms with E-state index < -0.39 is 79.7 Å². The third-order valence-electron chi connectivity index (χ3n) is 6.03. The van der Waals surface area contributed by atoms with Gasteiger partial charge in [0.05, 0.1) is 37.3 Å². The van der Waals surface area contributed by atoms with Crippen LogP contribution in [0.4, 0.5) is 39.0 Å². The predicted octanol–water partition coefficient (Wildman–Crippen LogP) is 8.70. The molecule has 3 amide bonds. The second-order valence-electron chi connectivity index (χ2n) is 8.77. The molecule has 1 aliphatic carbocycles. The zero-order valence-electron chi connectivity index (χ0n) is 20.1. The van der Waals surface area contributed by atoms with Crippen molar-refractivity contribution in [3.63, 3.8) is 0 Å². The molecular weight excluding hydrogens is 698 g/mol. The van der Waals surface area contributed by atoms with Gasteiger partial charge >= 0.3 is 6.43 Å². The summed E-state index contributed by atoms with van der Waals surface area (Å²) >= 11 is 36.6. The molecule has 0 bridgehead atoms. The van der Waals surface area contributed by atoms with Crippen molar-refractivity contribution >= 4 is 104 Å². The number of alkyl halides is 4. The first-order valence-corrected chi connectivity index (χ1v) is 13.5. The molecule has 42 heavy (non-hydrogen) atoms. The molecule has 1 aliphatic rings. The Bertz CT molecular complexity index is 1620. The van der Waals surface area contributed by atoms with Gasteiger partial charge in [0, 0.05) is 11.6 Å². The molecule has 2 atom stereocenters. The van der Waals surface area contributed by atoms with E-state index in [1.807, 2.05) is 5.32 Å². The molecule has 0 spiro atoms. The molecule has 6 nitrogen and oxygen atoms in total. The average molecular weight is 710 g/mol. The Kier molecular flexibility index (Phi) is 9.42. The fourth-order valence-corrected chi connectivity index (χ4v) is 5.64. The molecule has 3 aromatic carbocycles. The quantitative estimate of drug-likeness (QED) is 0.130. The molecule has 0 saturated heterocycles. The molecule has 3 aromatic rings. The number of rotatable bonds is 7. The molecule has 0 aromatic heterocycles. The monoisotopic (exact) mass is 707 g/mol. The lowest BCUT2D eigenvalue weighted by Crippen LogP contribution is -2.22. The third-order valence-corrected chi connectivity index (χ3v) is 8.55. The molecule has 1 unspecified atom stereocenters. The van der Waals surface area contributed by atoms with Gasteiger partial charge in [-0.1, -0.05) is 46.4 Å². The maximum absolute atomic E-state index is 14.8. The number of carbonyl (C=O) groups is 3. The maximum atomic E-state index is 14.8. The van der Waals surface area contributed by atoms with Crippen LogP contribution in [0.5, 0.6) is 0 Å². The Morgan fingerprint density at radius 3 is 2.02 bits per heavy atom. The minimum atomic E-state index is -3.59. The van der Waals surface area contributed by atoms with Crippen molar-refractivity contribution in [2.24, 2.45) is 5.92 Å². The average Bonchev–Trinajstić information content (AvgIpc) is 3.49. The zero-order chi connectivity index (χ0) is 31.3. The van der Waals surface area contributed by atoms with E-state index in [-0.39, 0.29) is 20.8 Å². The Labute approximate surface area is 263 Å². The zero-order valence-corrected chi connectivity index (χ0v) is 24.6. The fraction of sp³-hybridized carbons (Fsp3) is 0.160. The van der Waals surface area contributed by atoms with Crippen LogP contribution >= 0.6 is 69.6 Å². The van der Waals surface area contributed by atoms with Gasteiger partial charge in [0.1, 0.15) is 21.7 Å². The molecule has 3 N–H and O–H groups in total. The van der Waals surface area contributed by atoms with Gasteiger partial charge in [-0.15, -0.1) is 23.2 Å². The van der Waals surface area contributed by atoms with Gasteiger partial charge in [0.2, 0.25) is 5.91 Å². The Balaban J connectivity index is 1.56. The number of hydrogen-bond donors (Lipinski definition) is 3. The highest BCUT2D eigenvalue weighted by Gasteiger charge is 2.67. The summed E-state index contributed by atoms with van der Waals surface area (Å²) in [7, 11) is 0. The Morgan fingerprint density at radius 1 is 0.810 bits per heavy atom. The van der Waals surface area contributed by atoms with Crippen LogP contribution in [-0.2, 0) is 9.59 Å². The first-order valence-electron chi connectivity index (χ1n) is 11.2. The lowest BCUT2D eigenvalue weighted by molar-refractivity contribution is -0.126. The topological polar surface area (TPSA) is 87.3 Å². The third kappa shape index (κ3) is 6.36. The van der Waals surface area contributed by atoms with Crippen LogP contribution in [0.2, 0.25) is 20.1 Å². The summed E-state index contributed by atoms with van der Waals surface area (Å²) in [5, 5.41) is 5.22. The van der Waals surface area contributed by atoms with Crippen LogP contribution < -0.4 is 16.0 Å². The minimum absolute atomic E-state index is 0.0792. The summed E-state index contributed by atoms with van der Waals surface area (Å²) in [6.45, 7) is 0. The second kappa shape index (κ2) is 12.2. The van der Waals surface area contributed by atoms with E-state index in [0.717, 1.165) is 18.2 Å². The van der Waals surface area contributed by atoms with E-state index >= 15 is 0 Å². The van der Waals surface area contributed by atoms with E-state index in [4.69, 9.17) is 69.6 Å². The van der Waals surface area contributed by atoms with Crippen molar-refractivity contribution in [1.29, 1.82) is 0 Å². The number of nitrogens with one attached hydrogen (secondary N) is 3. The number of anilines is 3. The van der Waals surface area contributed by atoms with Gasteiger partial charge in [-0.3, -0.25) is 14.4 Å². The number of benzene rings is 3. The van der Waals surface area contributed by atoms with Crippen molar-refractivity contribution in [2.45, 2.75) is 16.7 Å². The van der Waals surface area contributed by atoms with E-state index in [2.05, 4.69) is 5.32 Å². The van der Waals surface area contributed by atoms with E-state index in [9.17, 15) is 36.3 Å². The summed E-state index contributed by atoms with van der Waals surface area (Å²) in [4.78, 5) is 37.1. The molecule has 0 radical (unpaired) electrons. The standard InChI is InChI=1S/C25H12Cl6F5N3O3/c26-10-3-7(4-11(27)18(10)29)15-16(25(15,30)31)23(41)37-8-5-9(17(28)13(33)6-8)22(40)38-14-2-1-12(32)20(19(14)34)39-24(42)21(35)36/h1-6,15-16,21H,(H,37,41)(H,38,40)(H,39,42)/t15-,16?/m0/s1. The van der Waals surface area contributed by atoms with Crippen LogP contribution in [0.3, 0.4) is 0 Å². The van der Waals surface area contributed by atoms with Crippen molar-refractivity contribution < 1.29 is 36.3 Å². The molecule has 1 saturated carbocycles. The van der Waals surface area contributed by atoms with Crippen molar-refractivity contribution in [3.05, 3.63) is 85.1 Å². The summed E-state index contributed by atoms with van der Waals surface area (Å²) in [5.41, 5.74) is -2.53. The molecule has 0 aliphatic heterocycles. The van der Waals surface area contributed by atoms with Crippen LogP contribution in [0.25, 0.3) is 0 Å². The van der Waals surface area contributed by atoms with Gasteiger partial charge in [-0.25, -0.2) is 13.2 Å². The summed E-state index contributed by atoms with van der Waals surface area (Å²) in [6, 6.07) is 5.88. The number of carbonyl (C=O) groups excluding carboxylic acids is 3.